The molecule has 0 spiro atoms. The van der Waals surface area contributed by atoms with Gasteiger partial charge in [-0.3, -0.25) is 4.90 Å². The summed E-state index contributed by atoms with van der Waals surface area (Å²) in [6, 6.07) is 16.7. The fourth-order valence-electron chi connectivity index (χ4n) is 5.05. The summed E-state index contributed by atoms with van der Waals surface area (Å²) in [6.07, 6.45) is 8.69. The Labute approximate surface area is 240 Å². The highest BCUT2D eigenvalue weighted by Gasteiger charge is 2.20. The molecule has 1 aliphatic rings. The first kappa shape index (κ1) is 28.2. The Hall–Kier alpha value is -4.31. The third-order valence-electron chi connectivity index (χ3n) is 7.29. The summed E-state index contributed by atoms with van der Waals surface area (Å²) in [4.78, 5) is 32.1. The van der Waals surface area contributed by atoms with Gasteiger partial charge in [0.25, 0.3) is 0 Å². The largest absolute Gasteiger partial charge is 0.480 e. The Kier molecular flexibility index (Phi) is 9.89. The zero-order chi connectivity index (χ0) is 28.3. The first-order valence-corrected chi connectivity index (χ1v) is 14.3. The number of aryl methyl sites for hydroxylation is 2. The van der Waals surface area contributed by atoms with Crippen molar-refractivity contribution in [3.05, 3.63) is 78.4 Å². The second-order valence-corrected chi connectivity index (χ2v) is 10.2. The highest BCUT2D eigenvalue weighted by atomic mass is 16.5. The zero-order valence-corrected chi connectivity index (χ0v) is 23.2. The molecule has 0 saturated carbocycles. The maximum Gasteiger partial charge on any atom is 0.326 e. The van der Waals surface area contributed by atoms with Crippen molar-refractivity contribution in [3.8, 4) is 5.88 Å². The van der Waals surface area contributed by atoms with Gasteiger partial charge in [-0.2, -0.15) is 0 Å². The van der Waals surface area contributed by atoms with Crippen LogP contribution in [0, 0.1) is 0 Å². The predicted octanol–water partition coefficient (Wildman–Crippen LogP) is 4.44. The van der Waals surface area contributed by atoms with Gasteiger partial charge in [0.2, 0.25) is 5.88 Å². The number of aliphatic carboxylic acids is 1. The Bertz CT molecular complexity index is 1410. The second kappa shape index (κ2) is 14.4. The van der Waals surface area contributed by atoms with Crippen LogP contribution in [0.1, 0.15) is 36.9 Å². The van der Waals surface area contributed by atoms with Gasteiger partial charge in [-0.1, -0.05) is 24.3 Å². The number of nitrogens with zero attached hydrogens (tertiary/aromatic N) is 5. The summed E-state index contributed by atoms with van der Waals surface area (Å²) in [5, 5.41) is 17.3. The molecule has 214 valence electrons. The molecule has 1 aliphatic heterocycles. The molecule has 0 fully saturated rings. The molecule has 0 saturated heterocycles. The molecule has 41 heavy (non-hydrogen) atoms. The van der Waals surface area contributed by atoms with E-state index in [-0.39, 0.29) is 0 Å². The molecule has 1 atom stereocenters. The van der Waals surface area contributed by atoms with Gasteiger partial charge in [0.15, 0.2) is 0 Å². The van der Waals surface area contributed by atoms with Crippen molar-refractivity contribution in [2.75, 3.05) is 43.4 Å². The van der Waals surface area contributed by atoms with Gasteiger partial charge in [-0.25, -0.2) is 24.7 Å². The van der Waals surface area contributed by atoms with E-state index in [1.807, 2.05) is 42.5 Å². The van der Waals surface area contributed by atoms with E-state index >= 15 is 0 Å². The van der Waals surface area contributed by atoms with Crippen LogP contribution in [0.4, 0.5) is 11.6 Å². The smallest absolute Gasteiger partial charge is 0.326 e. The van der Waals surface area contributed by atoms with E-state index in [1.165, 1.54) is 11.9 Å². The van der Waals surface area contributed by atoms with Crippen LogP contribution in [0.25, 0.3) is 10.9 Å². The molecule has 3 aromatic heterocycles. The van der Waals surface area contributed by atoms with E-state index in [1.54, 1.807) is 6.20 Å². The quantitative estimate of drug-likeness (QED) is 0.181. The van der Waals surface area contributed by atoms with Gasteiger partial charge in [0, 0.05) is 43.0 Å². The summed E-state index contributed by atoms with van der Waals surface area (Å²) in [5.41, 5.74) is 3.18. The number of carboxylic acid groups (broad SMARTS) is 1. The summed E-state index contributed by atoms with van der Waals surface area (Å²) in [7, 11) is 0. The Morgan fingerprint density at radius 1 is 1.02 bits per heavy atom. The Morgan fingerprint density at radius 3 is 2.80 bits per heavy atom. The van der Waals surface area contributed by atoms with Crippen molar-refractivity contribution in [2.24, 2.45) is 0 Å². The number of anilines is 2. The van der Waals surface area contributed by atoms with Gasteiger partial charge in [-0.05, 0) is 74.9 Å². The first-order chi connectivity index (χ1) is 20.2. The summed E-state index contributed by atoms with van der Waals surface area (Å²) in [5.74, 6) is 1.23. The molecule has 1 aromatic carbocycles. The number of rotatable bonds is 15. The Morgan fingerprint density at radius 2 is 1.93 bits per heavy atom. The molecule has 10 nitrogen and oxygen atoms in total. The average molecular weight is 556 g/mol. The number of hydrogen-bond acceptors (Lipinski definition) is 9. The molecule has 0 radical (unpaired) electrons. The van der Waals surface area contributed by atoms with Crippen LogP contribution in [0.3, 0.4) is 0 Å². The van der Waals surface area contributed by atoms with Crippen LogP contribution in [-0.4, -0.2) is 74.7 Å². The zero-order valence-electron chi connectivity index (χ0n) is 23.2. The molecular weight excluding hydrogens is 518 g/mol. The van der Waals surface area contributed by atoms with Crippen LogP contribution in [0.15, 0.2) is 67.1 Å². The monoisotopic (exact) mass is 555 g/mol. The van der Waals surface area contributed by atoms with Crippen molar-refractivity contribution in [1.29, 1.82) is 0 Å². The maximum absolute atomic E-state index is 12.2. The topological polar surface area (TPSA) is 125 Å². The van der Waals surface area contributed by atoms with Gasteiger partial charge in [-0.15, -0.1) is 0 Å². The SMILES string of the molecule is O=C(O)C(CCN(CCCCc1ccc2c(n1)NCCC2)CCOc1ccccn1)Nc1ncnc2ccccc12. The van der Waals surface area contributed by atoms with Gasteiger partial charge in [0.1, 0.15) is 30.6 Å². The minimum absolute atomic E-state index is 0.412. The minimum Gasteiger partial charge on any atom is -0.480 e. The summed E-state index contributed by atoms with van der Waals surface area (Å²) in [6.45, 7) is 3.55. The number of carboxylic acids is 1. The van der Waals surface area contributed by atoms with Crippen LogP contribution in [0.2, 0.25) is 0 Å². The van der Waals surface area contributed by atoms with Crippen molar-refractivity contribution >= 4 is 28.5 Å². The normalized spacial score (nSPS) is 13.4. The van der Waals surface area contributed by atoms with Crippen LogP contribution in [0.5, 0.6) is 5.88 Å². The van der Waals surface area contributed by atoms with Crippen molar-refractivity contribution in [1.82, 2.24) is 24.8 Å². The van der Waals surface area contributed by atoms with Crippen molar-refractivity contribution in [3.63, 3.8) is 0 Å². The Balaban J connectivity index is 1.17. The van der Waals surface area contributed by atoms with Crippen molar-refractivity contribution < 1.29 is 14.6 Å². The molecule has 1 unspecified atom stereocenters. The molecule has 3 N–H and O–H groups in total. The number of pyridine rings is 2. The molecule has 0 bridgehead atoms. The molecule has 4 aromatic rings. The summed E-state index contributed by atoms with van der Waals surface area (Å²) >= 11 is 0. The van der Waals surface area contributed by atoms with E-state index in [4.69, 9.17) is 9.72 Å². The highest BCUT2D eigenvalue weighted by molar-refractivity contribution is 5.90. The number of unbranched alkanes of at least 4 members (excludes halogenated alkanes) is 1. The summed E-state index contributed by atoms with van der Waals surface area (Å²) < 4.78 is 5.84. The van der Waals surface area contributed by atoms with E-state index in [0.717, 1.165) is 67.6 Å². The number of nitrogens with one attached hydrogen (secondary N) is 2. The number of ether oxygens (including phenoxy) is 1. The number of fused-ring (bicyclic) bond motifs is 2. The number of aromatic nitrogens is 4. The van der Waals surface area contributed by atoms with E-state index in [9.17, 15) is 9.90 Å². The highest BCUT2D eigenvalue weighted by Crippen LogP contribution is 2.21. The lowest BCUT2D eigenvalue weighted by molar-refractivity contribution is -0.138. The van der Waals surface area contributed by atoms with E-state index < -0.39 is 12.0 Å². The van der Waals surface area contributed by atoms with Crippen LogP contribution < -0.4 is 15.4 Å². The fourth-order valence-corrected chi connectivity index (χ4v) is 5.05. The predicted molar refractivity (Wildman–Crippen MR) is 159 cm³/mol. The minimum atomic E-state index is -0.913. The fraction of sp³-hybridized carbons (Fsp3) is 0.387. The molecule has 0 amide bonds. The lowest BCUT2D eigenvalue weighted by Crippen LogP contribution is -2.37. The number of carbonyl (C=O) groups is 1. The molecule has 4 heterocycles. The third-order valence-corrected chi connectivity index (χ3v) is 7.29. The van der Waals surface area contributed by atoms with Crippen molar-refractivity contribution in [2.45, 2.75) is 44.6 Å². The number of para-hydroxylation sites is 1. The van der Waals surface area contributed by atoms with Crippen LogP contribution in [-0.2, 0) is 17.6 Å². The molecule has 0 aliphatic carbocycles. The number of hydrogen-bond donors (Lipinski definition) is 3. The standard InChI is InChI=1S/C31H37N7O3/c39-31(40)27(37-30-25-10-1-2-11-26(25)34-22-35-30)15-19-38(20-21-41-28-12-3-5-16-32-28)18-6-4-9-24-14-13-23-8-7-17-33-29(23)36-24/h1-3,5,10-14,16,22,27H,4,6-9,15,17-21H2,(H,33,36)(H,39,40)(H,34,35,37). The number of benzene rings is 1. The maximum atomic E-state index is 12.2. The third kappa shape index (κ3) is 8.11. The molecule has 10 heteroatoms. The average Bonchev–Trinajstić information content (AvgIpc) is 3.01. The lowest BCUT2D eigenvalue weighted by atomic mass is 10.1. The molecular formula is C31H37N7O3. The lowest BCUT2D eigenvalue weighted by Gasteiger charge is -2.25. The van der Waals surface area contributed by atoms with Gasteiger partial charge in [0.05, 0.1) is 5.52 Å². The second-order valence-electron chi connectivity index (χ2n) is 10.2. The van der Waals surface area contributed by atoms with E-state index in [0.29, 0.717) is 37.8 Å². The first-order valence-electron chi connectivity index (χ1n) is 14.3. The van der Waals surface area contributed by atoms with Gasteiger partial charge >= 0.3 is 5.97 Å². The van der Waals surface area contributed by atoms with E-state index in [2.05, 4.69) is 42.6 Å². The van der Waals surface area contributed by atoms with Crippen LogP contribution >= 0.6 is 0 Å². The molecule has 5 rings (SSSR count). The van der Waals surface area contributed by atoms with Gasteiger partial charge < -0.3 is 20.5 Å².